The van der Waals surface area contributed by atoms with Gasteiger partial charge in [0, 0.05) is 18.8 Å². The highest BCUT2D eigenvalue weighted by molar-refractivity contribution is 5.40. The molecular weight excluding hydrogens is 176 g/mol. The van der Waals surface area contributed by atoms with Gasteiger partial charge in [0.25, 0.3) is 0 Å². The van der Waals surface area contributed by atoms with Gasteiger partial charge in [-0.05, 0) is 12.5 Å². The molecule has 74 valence electrons. The Bertz CT molecular complexity index is 433. The predicted molar refractivity (Wildman–Crippen MR) is 54.9 cm³/mol. The molecule has 4 nitrogen and oxygen atoms in total. The number of hydrogen-bond donors (Lipinski definition) is 1. The fraction of sp³-hybridized carbons (Fsp3) is 0.400. The molecule has 2 aromatic rings. The highest BCUT2D eigenvalue weighted by atomic mass is 15.3. The third-order valence-electron chi connectivity index (χ3n) is 2.20. The standard InChI is InChI=1S/C10H14N4/c1-2-3-8-6-10-12-5-4-9(7-11)14(10)13-8/h4-6H,2-3,7,11H2,1H3. The Kier molecular flexibility index (Phi) is 2.45. The molecule has 0 aliphatic rings. The summed E-state index contributed by atoms with van der Waals surface area (Å²) in [6, 6.07) is 3.92. The number of aryl methyl sites for hydroxylation is 1. The highest BCUT2D eigenvalue weighted by Gasteiger charge is 2.04. The Morgan fingerprint density at radius 3 is 3.07 bits per heavy atom. The van der Waals surface area contributed by atoms with Gasteiger partial charge in [0.1, 0.15) is 0 Å². The summed E-state index contributed by atoms with van der Waals surface area (Å²) in [7, 11) is 0. The Morgan fingerprint density at radius 2 is 2.36 bits per heavy atom. The number of hydrogen-bond acceptors (Lipinski definition) is 3. The Morgan fingerprint density at radius 1 is 1.50 bits per heavy atom. The molecule has 0 unspecified atom stereocenters. The van der Waals surface area contributed by atoms with Gasteiger partial charge in [0.2, 0.25) is 0 Å². The molecule has 2 aromatic heterocycles. The van der Waals surface area contributed by atoms with E-state index in [0.717, 1.165) is 29.9 Å². The van der Waals surface area contributed by atoms with Crippen LogP contribution in [0.2, 0.25) is 0 Å². The van der Waals surface area contributed by atoms with Crippen LogP contribution in [0.4, 0.5) is 0 Å². The summed E-state index contributed by atoms with van der Waals surface area (Å²) in [6.07, 6.45) is 3.87. The maximum Gasteiger partial charge on any atom is 0.155 e. The molecular formula is C10H14N4. The van der Waals surface area contributed by atoms with E-state index in [-0.39, 0.29) is 0 Å². The van der Waals surface area contributed by atoms with Crippen molar-refractivity contribution in [1.29, 1.82) is 0 Å². The molecule has 0 spiro atoms. The second-order valence-corrected chi connectivity index (χ2v) is 3.30. The van der Waals surface area contributed by atoms with Crippen LogP contribution in [0.3, 0.4) is 0 Å². The largest absolute Gasteiger partial charge is 0.325 e. The van der Waals surface area contributed by atoms with E-state index in [1.54, 1.807) is 6.20 Å². The van der Waals surface area contributed by atoms with Gasteiger partial charge in [-0.25, -0.2) is 9.50 Å². The van der Waals surface area contributed by atoms with Crippen LogP contribution in [0.5, 0.6) is 0 Å². The van der Waals surface area contributed by atoms with Gasteiger partial charge >= 0.3 is 0 Å². The lowest BCUT2D eigenvalue weighted by atomic mass is 10.2. The van der Waals surface area contributed by atoms with Crippen molar-refractivity contribution in [2.75, 3.05) is 0 Å². The van der Waals surface area contributed by atoms with Gasteiger partial charge in [-0.1, -0.05) is 13.3 Å². The molecule has 0 aliphatic carbocycles. The zero-order valence-corrected chi connectivity index (χ0v) is 8.27. The van der Waals surface area contributed by atoms with Crippen molar-refractivity contribution in [1.82, 2.24) is 14.6 Å². The summed E-state index contributed by atoms with van der Waals surface area (Å²) in [5, 5.41) is 4.45. The fourth-order valence-corrected chi connectivity index (χ4v) is 1.53. The fourth-order valence-electron chi connectivity index (χ4n) is 1.53. The molecule has 0 saturated heterocycles. The van der Waals surface area contributed by atoms with Crippen LogP contribution in [0.1, 0.15) is 24.7 Å². The molecule has 0 bridgehead atoms. The molecule has 0 fully saturated rings. The van der Waals surface area contributed by atoms with E-state index in [0.29, 0.717) is 6.54 Å². The van der Waals surface area contributed by atoms with Crippen molar-refractivity contribution in [3.8, 4) is 0 Å². The van der Waals surface area contributed by atoms with Crippen molar-refractivity contribution < 1.29 is 0 Å². The van der Waals surface area contributed by atoms with Crippen LogP contribution in [0.25, 0.3) is 5.65 Å². The smallest absolute Gasteiger partial charge is 0.155 e. The summed E-state index contributed by atoms with van der Waals surface area (Å²) in [5.41, 5.74) is 8.58. The Hall–Kier alpha value is -1.42. The van der Waals surface area contributed by atoms with E-state index in [2.05, 4.69) is 17.0 Å². The van der Waals surface area contributed by atoms with E-state index in [9.17, 15) is 0 Å². The van der Waals surface area contributed by atoms with E-state index in [1.807, 2.05) is 16.6 Å². The first-order valence-corrected chi connectivity index (χ1v) is 4.87. The number of fused-ring (bicyclic) bond motifs is 1. The average molecular weight is 190 g/mol. The first-order valence-electron chi connectivity index (χ1n) is 4.87. The molecule has 14 heavy (non-hydrogen) atoms. The summed E-state index contributed by atoms with van der Waals surface area (Å²) in [5.74, 6) is 0. The third kappa shape index (κ3) is 1.48. The lowest BCUT2D eigenvalue weighted by molar-refractivity contribution is 0.791. The average Bonchev–Trinajstić information content (AvgIpc) is 2.60. The van der Waals surface area contributed by atoms with Crippen LogP contribution in [0, 0.1) is 0 Å². The van der Waals surface area contributed by atoms with E-state index >= 15 is 0 Å². The predicted octanol–water partition coefficient (Wildman–Crippen LogP) is 1.14. The van der Waals surface area contributed by atoms with Crippen molar-refractivity contribution >= 4 is 5.65 Å². The topological polar surface area (TPSA) is 56.2 Å². The molecule has 4 heteroatoms. The molecule has 2 N–H and O–H groups in total. The molecule has 0 radical (unpaired) electrons. The molecule has 0 amide bonds. The minimum absolute atomic E-state index is 0.492. The van der Waals surface area contributed by atoms with Gasteiger partial charge in [-0.2, -0.15) is 5.10 Å². The maximum absolute atomic E-state index is 5.61. The van der Waals surface area contributed by atoms with Crippen LogP contribution in [0.15, 0.2) is 18.3 Å². The maximum atomic E-state index is 5.61. The third-order valence-corrected chi connectivity index (χ3v) is 2.20. The molecule has 0 saturated carbocycles. The van der Waals surface area contributed by atoms with Gasteiger partial charge in [0.15, 0.2) is 5.65 Å². The molecule has 0 aliphatic heterocycles. The Labute approximate surface area is 82.8 Å². The van der Waals surface area contributed by atoms with Gasteiger partial charge in [-0.3, -0.25) is 0 Å². The Balaban J connectivity index is 2.52. The number of aromatic nitrogens is 3. The van der Waals surface area contributed by atoms with Crippen LogP contribution < -0.4 is 5.73 Å². The first-order chi connectivity index (χ1) is 6.85. The number of nitrogens with two attached hydrogens (primary N) is 1. The minimum Gasteiger partial charge on any atom is -0.325 e. The normalized spacial score (nSPS) is 11.0. The SMILES string of the molecule is CCCc1cc2nccc(CN)n2n1. The lowest BCUT2D eigenvalue weighted by Gasteiger charge is -1.98. The second-order valence-electron chi connectivity index (χ2n) is 3.30. The van der Waals surface area contributed by atoms with Gasteiger partial charge in [0.05, 0.1) is 11.4 Å². The number of rotatable bonds is 3. The highest BCUT2D eigenvalue weighted by Crippen LogP contribution is 2.08. The van der Waals surface area contributed by atoms with E-state index in [1.165, 1.54) is 0 Å². The summed E-state index contributed by atoms with van der Waals surface area (Å²) in [6.45, 7) is 2.63. The molecule has 0 atom stereocenters. The first kappa shape index (κ1) is 9.15. The summed E-state index contributed by atoms with van der Waals surface area (Å²) >= 11 is 0. The zero-order valence-electron chi connectivity index (χ0n) is 8.27. The molecule has 2 heterocycles. The molecule has 0 aromatic carbocycles. The quantitative estimate of drug-likeness (QED) is 0.789. The van der Waals surface area contributed by atoms with Crippen LogP contribution in [-0.2, 0) is 13.0 Å². The van der Waals surface area contributed by atoms with Gasteiger partial charge < -0.3 is 5.73 Å². The zero-order chi connectivity index (χ0) is 9.97. The van der Waals surface area contributed by atoms with Crippen LogP contribution in [-0.4, -0.2) is 14.6 Å². The number of nitrogens with zero attached hydrogens (tertiary/aromatic N) is 3. The minimum atomic E-state index is 0.492. The van der Waals surface area contributed by atoms with Crippen molar-refractivity contribution in [3.05, 3.63) is 29.7 Å². The summed E-state index contributed by atoms with van der Waals surface area (Å²) < 4.78 is 1.82. The second kappa shape index (κ2) is 3.75. The van der Waals surface area contributed by atoms with Crippen LogP contribution >= 0.6 is 0 Å². The van der Waals surface area contributed by atoms with Crippen molar-refractivity contribution in [2.45, 2.75) is 26.3 Å². The van der Waals surface area contributed by atoms with Crippen molar-refractivity contribution in [3.63, 3.8) is 0 Å². The molecule has 2 rings (SSSR count). The monoisotopic (exact) mass is 190 g/mol. The summed E-state index contributed by atoms with van der Waals surface area (Å²) in [4.78, 5) is 4.24. The van der Waals surface area contributed by atoms with Crippen molar-refractivity contribution in [2.24, 2.45) is 5.73 Å². The van der Waals surface area contributed by atoms with E-state index < -0.39 is 0 Å². The lowest BCUT2D eigenvalue weighted by Crippen LogP contribution is -2.05. The van der Waals surface area contributed by atoms with E-state index in [4.69, 9.17) is 5.73 Å². The van der Waals surface area contributed by atoms with Gasteiger partial charge in [-0.15, -0.1) is 0 Å².